The van der Waals surface area contributed by atoms with Crippen LogP contribution in [0.25, 0.3) is 0 Å². The van der Waals surface area contributed by atoms with Crippen LogP contribution in [0.1, 0.15) is 44.2 Å². The molecule has 20 heavy (non-hydrogen) atoms. The highest BCUT2D eigenvalue weighted by Gasteiger charge is 2.29. The summed E-state index contributed by atoms with van der Waals surface area (Å²) in [7, 11) is 0. The van der Waals surface area contributed by atoms with Gasteiger partial charge in [0.1, 0.15) is 18.9 Å². The Hall–Kier alpha value is -1.02. The molecule has 0 aliphatic heterocycles. The van der Waals surface area contributed by atoms with Gasteiger partial charge in [0.25, 0.3) is 0 Å². The van der Waals surface area contributed by atoms with Gasteiger partial charge in [0.15, 0.2) is 0 Å². The van der Waals surface area contributed by atoms with Gasteiger partial charge >= 0.3 is 0 Å². The summed E-state index contributed by atoms with van der Waals surface area (Å²) >= 11 is 0. The molecule has 0 aromatic heterocycles. The lowest BCUT2D eigenvalue weighted by Crippen LogP contribution is -2.92. The molecule has 2 N–H and O–H groups in total. The molecule has 1 fully saturated rings. The molecule has 0 saturated heterocycles. The van der Waals surface area contributed by atoms with Crippen molar-refractivity contribution in [2.24, 2.45) is 11.8 Å². The largest absolute Gasteiger partial charge is 0.487 e. The highest BCUT2D eigenvalue weighted by atomic mass is 16.5. The van der Waals surface area contributed by atoms with Crippen molar-refractivity contribution in [3.63, 3.8) is 0 Å². The molecule has 1 aromatic carbocycles. The maximum atomic E-state index is 5.91. The molecule has 0 amide bonds. The van der Waals surface area contributed by atoms with Crippen molar-refractivity contribution in [1.29, 1.82) is 0 Å². The normalized spacial score (nSPS) is 26.5. The van der Waals surface area contributed by atoms with E-state index < -0.39 is 0 Å². The molecule has 0 bridgehead atoms. The minimum atomic E-state index is 0.793. The van der Waals surface area contributed by atoms with Crippen molar-refractivity contribution in [3.05, 3.63) is 29.3 Å². The van der Waals surface area contributed by atoms with Gasteiger partial charge in [-0.15, -0.1) is 0 Å². The van der Waals surface area contributed by atoms with E-state index in [9.17, 15) is 0 Å². The van der Waals surface area contributed by atoms with Crippen molar-refractivity contribution in [2.45, 2.75) is 53.0 Å². The minimum Gasteiger partial charge on any atom is -0.487 e. The Labute approximate surface area is 123 Å². The van der Waals surface area contributed by atoms with Gasteiger partial charge in [-0.2, -0.15) is 0 Å². The summed E-state index contributed by atoms with van der Waals surface area (Å²) in [5.74, 6) is 2.75. The van der Waals surface area contributed by atoms with Gasteiger partial charge in [-0.3, -0.25) is 0 Å². The summed E-state index contributed by atoms with van der Waals surface area (Å²) in [6, 6.07) is 7.19. The molecule has 2 nitrogen and oxygen atoms in total. The van der Waals surface area contributed by atoms with Gasteiger partial charge < -0.3 is 10.1 Å². The first kappa shape index (κ1) is 15.4. The van der Waals surface area contributed by atoms with E-state index in [0.717, 1.165) is 36.8 Å². The van der Waals surface area contributed by atoms with E-state index in [0.29, 0.717) is 0 Å². The van der Waals surface area contributed by atoms with Gasteiger partial charge in [0, 0.05) is 5.92 Å². The number of quaternary nitrogens is 1. The van der Waals surface area contributed by atoms with Crippen LogP contribution in [-0.4, -0.2) is 19.2 Å². The lowest BCUT2D eigenvalue weighted by Gasteiger charge is -2.32. The average Bonchev–Trinajstić information content (AvgIpc) is 2.41. The Balaban J connectivity index is 1.73. The van der Waals surface area contributed by atoms with Crippen molar-refractivity contribution in [2.75, 3.05) is 13.2 Å². The first-order chi connectivity index (χ1) is 9.58. The Morgan fingerprint density at radius 3 is 2.75 bits per heavy atom. The highest BCUT2D eigenvalue weighted by molar-refractivity contribution is 5.35. The average molecular weight is 276 g/mol. The van der Waals surface area contributed by atoms with Gasteiger partial charge in [0.05, 0.1) is 6.04 Å². The SMILES string of the molecule is Cc1ccc(OCC[NH2+][C@@H]2CCC[C@H](C)[C@H]2C)c(C)c1. The Morgan fingerprint density at radius 2 is 2.00 bits per heavy atom. The topological polar surface area (TPSA) is 25.8 Å². The molecule has 3 atom stereocenters. The van der Waals surface area contributed by atoms with Crippen molar-refractivity contribution >= 4 is 0 Å². The van der Waals surface area contributed by atoms with E-state index in [1.807, 2.05) is 0 Å². The van der Waals surface area contributed by atoms with E-state index >= 15 is 0 Å². The van der Waals surface area contributed by atoms with Crippen LogP contribution in [0.5, 0.6) is 5.75 Å². The Morgan fingerprint density at radius 1 is 1.20 bits per heavy atom. The maximum Gasteiger partial charge on any atom is 0.137 e. The fourth-order valence-corrected chi connectivity index (χ4v) is 3.37. The zero-order valence-electron chi connectivity index (χ0n) is 13.5. The third-order valence-corrected chi connectivity index (χ3v) is 4.95. The lowest BCUT2D eigenvalue weighted by molar-refractivity contribution is -0.699. The second kappa shape index (κ2) is 7.12. The van der Waals surface area contributed by atoms with Crippen molar-refractivity contribution in [1.82, 2.24) is 0 Å². The number of hydrogen-bond donors (Lipinski definition) is 1. The van der Waals surface area contributed by atoms with Crippen LogP contribution in [0.2, 0.25) is 0 Å². The van der Waals surface area contributed by atoms with Crippen LogP contribution in [0, 0.1) is 25.7 Å². The molecule has 0 heterocycles. The van der Waals surface area contributed by atoms with Crippen LogP contribution >= 0.6 is 0 Å². The minimum absolute atomic E-state index is 0.793. The Bertz CT molecular complexity index is 429. The number of nitrogens with two attached hydrogens (primary N) is 1. The van der Waals surface area contributed by atoms with E-state index in [2.05, 4.69) is 51.2 Å². The molecule has 112 valence electrons. The van der Waals surface area contributed by atoms with Gasteiger partial charge in [-0.25, -0.2) is 0 Å². The second-order valence-corrected chi connectivity index (χ2v) is 6.57. The molecule has 1 aromatic rings. The fourth-order valence-electron chi connectivity index (χ4n) is 3.37. The number of ether oxygens (including phenoxy) is 1. The zero-order valence-corrected chi connectivity index (χ0v) is 13.5. The number of rotatable bonds is 5. The molecular formula is C18H30NO+. The van der Waals surface area contributed by atoms with Crippen LogP contribution in [-0.2, 0) is 0 Å². The fraction of sp³-hybridized carbons (Fsp3) is 0.667. The van der Waals surface area contributed by atoms with E-state index in [4.69, 9.17) is 4.74 Å². The standard InChI is InChI=1S/C18H29NO/c1-13-8-9-18(15(3)12-13)20-11-10-19-17-7-5-6-14(2)16(17)4/h8-9,12,14,16-17,19H,5-7,10-11H2,1-4H3/p+1/t14-,16+,17+/m0/s1. The van der Waals surface area contributed by atoms with Gasteiger partial charge in [-0.05, 0) is 50.7 Å². The first-order valence-corrected chi connectivity index (χ1v) is 8.11. The van der Waals surface area contributed by atoms with Crippen LogP contribution in [0.4, 0.5) is 0 Å². The zero-order chi connectivity index (χ0) is 14.5. The quantitative estimate of drug-likeness (QED) is 0.822. The molecule has 0 radical (unpaired) electrons. The predicted octanol–water partition coefficient (Wildman–Crippen LogP) is 3.07. The summed E-state index contributed by atoms with van der Waals surface area (Å²) in [5, 5.41) is 2.50. The number of hydrogen-bond acceptors (Lipinski definition) is 1. The predicted molar refractivity (Wildman–Crippen MR) is 84.2 cm³/mol. The van der Waals surface area contributed by atoms with Crippen molar-refractivity contribution in [3.8, 4) is 5.75 Å². The van der Waals surface area contributed by atoms with Gasteiger partial charge in [-0.1, -0.05) is 31.5 Å². The molecule has 1 saturated carbocycles. The van der Waals surface area contributed by atoms with Crippen LogP contribution in [0.3, 0.4) is 0 Å². The lowest BCUT2D eigenvalue weighted by atomic mass is 9.78. The maximum absolute atomic E-state index is 5.91. The van der Waals surface area contributed by atoms with Crippen LogP contribution < -0.4 is 10.1 Å². The molecule has 0 unspecified atom stereocenters. The summed E-state index contributed by atoms with van der Waals surface area (Å²) in [6.07, 6.45) is 4.17. The summed E-state index contributed by atoms with van der Waals surface area (Å²) in [5.41, 5.74) is 2.54. The molecule has 0 spiro atoms. The highest BCUT2D eigenvalue weighted by Crippen LogP contribution is 2.27. The molecule has 2 heteroatoms. The number of aryl methyl sites for hydroxylation is 2. The number of benzene rings is 1. The summed E-state index contributed by atoms with van der Waals surface area (Å²) in [6.45, 7) is 10.9. The van der Waals surface area contributed by atoms with Crippen molar-refractivity contribution < 1.29 is 10.1 Å². The molecule has 1 aliphatic carbocycles. The Kier molecular flexibility index (Phi) is 5.47. The van der Waals surface area contributed by atoms with Gasteiger partial charge in [0.2, 0.25) is 0 Å². The second-order valence-electron chi connectivity index (χ2n) is 6.57. The molecular weight excluding hydrogens is 246 g/mol. The van der Waals surface area contributed by atoms with E-state index in [1.165, 1.54) is 30.4 Å². The first-order valence-electron chi connectivity index (χ1n) is 8.11. The smallest absolute Gasteiger partial charge is 0.137 e. The monoisotopic (exact) mass is 276 g/mol. The van der Waals surface area contributed by atoms with Crippen LogP contribution in [0.15, 0.2) is 18.2 Å². The summed E-state index contributed by atoms with van der Waals surface area (Å²) < 4.78 is 5.91. The molecule has 2 rings (SSSR count). The third-order valence-electron chi connectivity index (χ3n) is 4.95. The van der Waals surface area contributed by atoms with E-state index in [-0.39, 0.29) is 0 Å². The molecule has 1 aliphatic rings. The third kappa shape index (κ3) is 3.99. The van der Waals surface area contributed by atoms with E-state index in [1.54, 1.807) is 0 Å². The summed E-state index contributed by atoms with van der Waals surface area (Å²) in [4.78, 5) is 0.